The number of carbonyl (C=O) groups is 1. The standard InChI is InChI=1S/C9H10O3/c10-4-7-2-1-3-8(5-11)9(7)6-12/h1-4,11-12H,5-6H2. The number of aldehydes is 1. The number of carbonyl (C=O) groups excluding carboxylic acids is 1. The van der Waals surface area contributed by atoms with Gasteiger partial charge < -0.3 is 10.2 Å². The number of aliphatic hydroxyl groups excluding tert-OH is 2. The van der Waals surface area contributed by atoms with Gasteiger partial charge in [-0.15, -0.1) is 0 Å². The summed E-state index contributed by atoms with van der Waals surface area (Å²) in [4.78, 5) is 10.5. The summed E-state index contributed by atoms with van der Waals surface area (Å²) in [5, 5.41) is 17.7. The molecule has 1 rings (SSSR count). The van der Waals surface area contributed by atoms with Crippen LogP contribution in [0.3, 0.4) is 0 Å². The molecule has 0 fully saturated rings. The number of hydrogen-bond acceptors (Lipinski definition) is 3. The molecule has 0 aliphatic heterocycles. The maximum absolute atomic E-state index is 10.5. The molecule has 12 heavy (non-hydrogen) atoms. The second kappa shape index (κ2) is 3.99. The second-order valence-corrected chi connectivity index (χ2v) is 2.42. The van der Waals surface area contributed by atoms with E-state index < -0.39 is 0 Å². The van der Waals surface area contributed by atoms with E-state index in [4.69, 9.17) is 10.2 Å². The van der Waals surface area contributed by atoms with Crippen LogP contribution in [0.4, 0.5) is 0 Å². The maximum atomic E-state index is 10.5. The van der Waals surface area contributed by atoms with Crippen LogP contribution in [0.2, 0.25) is 0 Å². The van der Waals surface area contributed by atoms with Crippen molar-refractivity contribution >= 4 is 6.29 Å². The van der Waals surface area contributed by atoms with Gasteiger partial charge in [-0.1, -0.05) is 18.2 Å². The van der Waals surface area contributed by atoms with Crippen LogP contribution in [0.15, 0.2) is 18.2 Å². The average molecular weight is 166 g/mol. The topological polar surface area (TPSA) is 57.5 Å². The molecule has 0 amide bonds. The first-order valence-corrected chi connectivity index (χ1v) is 3.61. The molecular formula is C9H10O3. The second-order valence-electron chi connectivity index (χ2n) is 2.42. The molecule has 0 aliphatic rings. The predicted molar refractivity (Wildman–Crippen MR) is 43.7 cm³/mol. The highest BCUT2D eigenvalue weighted by atomic mass is 16.3. The van der Waals surface area contributed by atoms with Gasteiger partial charge in [0.15, 0.2) is 0 Å². The van der Waals surface area contributed by atoms with E-state index in [2.05, 4.69) is 0 Å². The monoisotopic (exact) mass is 166 g/mol. The largest absolute Gasteiger partial charge is 0.392 e. The minimum absolute atomic E-state index is 0.155. The lowest BCUT2D eigenvalue weighted by molar-refractivity contribution is 0.112. The minimum Gasteiger partial charge on any atom is -0.392 e. The third-order valence-corrected chi connectivity index (χ3v) is 1.76. The molecule has 64 valence electrons. The SMILES string of the molecule is O=Cc1cccc(CO)c1CO. The van der Waals surface area contributed by atoms with E-state index >= 15 is 0 Å². The lowest BCUT2D eigenvalue weighted by atomic mass is 10.0. The summed E-state index contributed by atoms with van der Waals surface area (Å²) in [6, 6.07) is 4.96. The highest BCUT2D eigenvalue weighted by molar-refractivity contribution is 5.77. The molecule has 3 nitrogen and oxygen atoms in total. The summed E-state index contributed by atoms with van der Waals surface area (Å²) in [6.07, 6.45) is 0.671. The third-order valence-electron chi connectivity index (χ3n) is 1.76. The molecule has 2 N–H and O–H groups in total. The molecule has 0 aliphatic carbocycles. The molecule has 0 radical (unpaired) electrons. The van der Waals surface area contributed by atoms with Crippen LogP contribution in [0, 0.1) is 0 Å². The third kappa shape index (κ3) is 1.52. The van der Waals surface area contributed by atoms with E-state index in [9.17, 15) is 4.79 Å². The number of aliphatic hydroxyl groups is 2. The molecule has 3 heteroatoms. The molecule has 0 saturated heterocycles. The summed E-state index contributed by atoms with van der Waals surface area (Å²) in [5.41, 5.74) is 1.54. The predicted octanol–water partition coefficient (Wildman–Crippen LogP) is 0.484. The molecule has 0 unspecified atom stereocenters. The Kier molecular flexibility index (Phi) is 2.96. The van der Waals surface area contributed by atoms with Crippen LogP contribution in [0.5, 0.6) is 0 Å². The Morgan fingerprint density at radius 2 is 2.00 bits per heavy atom. The van der Waals surface area contributed by atoms with Crippen molar-refractivity contribution in [2.24, 2.45) is 0 Å². The van der Waals surface area contributed by atoms with E-state index in [1.54, 1.807) is 18.2 Å². The summed E-state index contributed by atoms with van der Waals surface area (Å²) in [6.45, 7) is -0.373. The van der Waals surface area contributed by atoms with E-state index in [0.717, 1.165) is 0 Å². The first-order chi connectivity index (χ1) is 5.83. The quantitative estimate of drug-likeness (QED) is 0.642. The van der Waals surface area contributed by atoms with Crippen molar-refractivity contribution in [1.82, 2.24) is 0 Å². The van der Waals surface area contributed by atoms with Gasteiger partial charge in [0.1, 0.15) is 6.29 Å². The van der Waals surface area contributed by atoms with E-state index in [-0.39, 0.29) is 13.2 Å². The zero-order valence-corrected chi connectivity index (χ0v) is 6.53. The van der Waals surface area contributed by atoms with Gasteiger partial charge >= 0.3 is 0 Å². The fourth-order valence-corrected chi connectivity index (χ4v) is 1.11. The van der Waals surface area contributed by atoms with Gasteiger partial charge in [0, 0.05) is 5.56 Å². The Labute approximate surface area is 70.3 Å². The number of benzene rings is 1. The van der Waals surface area contributed by atoms with Crippen molar-refractivity contribution in [3.05, 3.63) is 34.9 Å². The van der Waals surface area contributed by atoms with Gasteiger partial charge in [-0.25, -0.2) is 0 Å². The molecule has 0 spiro atoms. The van der Waals surface area contributed by atoms with Crippen molar-refractivity contribution in [3.63, 3.8) is 0 Å². The lowest BCUT2D eigenvalue weighted by Crippen LogP contribution is -1.98. The molecule has 1 aromatic carbocycles. The lowest BCUT2D eigenvalue weighted by Gasteiger charge is -2.05. The Morgan fingerprint density at radius 3 is 2.50 bits per heavy atom. The summed E-state index contributed by atoms with van der Waals surface area (Å²) < 4.78 is 0. The van der Waals surface area contributed by atoms with Crippen LogP contribution < -0.4 is 0 Å². The number of hydrogen-bond donors (Lipinski definition) is 2. The number of rotatable bonds is 3. The van der Waals surface area contributed by atoms with E-state index in [1.165, 1.54) is 0 Å². The summed E-state index contributed by atoms with van der Waals surface area (Å²) >= 11 is 0. The van der Waals surface area contributed by atoms with E-state index in [1.807, 2.05) is 0 Å². The molecule has 0 heterocycles. The van der Waals surface area contributed by atoms with Crippen molar-refractivity contribution in [2.45, 2.75) is 13.2 Å². The van der Waals surface area contributed by atoms with Gasteiger partial charge in [-0.2, -0.15) is 0 Å². The Morgan fingerprint density at radius 1 is 1.25 bits per heavy atom. The highest BCUT2D eigenvalue weighted by Gasteiger charge is 2.04. The van der Waals surface area contributed by atoms with Crippen molar-refractivity contribution < 1.29 is 15.0 Å². The van der Waals surface area contributed by atoms with Gasteiger partial charge in [0.2, 0.25) is 0 Å². The van der Waals surface area contributed by atoms with Crippen LogP contribution in [0.25, 0.3) is 0 Å². The van der Waals surface area contributed by atoms with Gasteiger partial charge in [0.25, 0.3) is 0 Å². The normalized spacial score (nSPS) is 9.83. The Balaban J connectivity index is 3.21. The average Bonchev–Trinajstić information content (AvgIpc) is 2.16. The molecule has 0 aromatic heterocycles. The molecule has 1 aromatic rings. The Hall–Kier alpha value is -1.19. The fourth-order valence-electron chi connectivity index (χ4n) is 1.11. The highest BCUT2D eigenvalue weighted by Crippen LogP contribution is 2.13. The van der Waals surface area contributed by atoms with Crippen LogP contribution in [-0.2, 0) is 13.2 Å². The zero-order chi connectivity index (χ0) is 8.97. The van der Waals surface area contributed by atoms with Gasteiger partial charge in [0.05, 0.1) is 13.2 Å². The van der Waals surface area contributed by atoms with Gasteiger partial charge in [-0.05, 0) is 11.1 Å². The summed E-state index contributed by atoms with van der Waals surface area (Å²) in [5.74, 6) is 0. The van der Waals surface area contributed by atoms with Crippen LogP contribution in [0.1, 0.15) is 21.5 Å². The summed E-state index contributed by atoms with van der Waals surface area (Å²) in [7, 11) is 0. The van der Waals surface area contributed by atoms with Crippen LogP contribution in [-0.4, -0.2) is 16.5 Å². The van der Waals surface area contributed by atoms with E-state index in [0.29, 0.717) is 23.0 Å². The zero-order valence-electron chi connectivity index (χ0n) is 6.53. The minimum atomic E-state index is -0.217. The Bertz CT molecular complexity index is 281. The molecule has 0 bridgehead atoms. The molecule has 0 saturated carbocycles. The maximum Gasteiger partial charge on any atom is 0.150 e. The molecule has 0 atom stereocenters. The first-order valence-electron chi connectivity index (χ1n) is 3.61. The smallest absolute Gasteiger partial charge is 0.150 e. The molecular weight excluding hydrogens is 156 g/mol. The van der Waals surface area contributed by atoms with Crippen molar-refractivity contribution in [2.75, 3.05) is 0 Å². The van der Waals surface area contributed by atoms with Crippen molar-refractivity contribution in [1.29, 1.82) is 0 Å². The van der Waals surface area contributed by atoms with Crippen molar-refractivity contribution in [3.8, 4) is 0 Å². The first kappa shape index (κ1) is 8.90. The fraction of sp³-hybridized carbons (Fsp3) is 0.222. The van der Waals surface area contributed by atoms with Gasteiger partial charge in [-0.3, -0.25) is 4.79 Å². The van der Waals surface area contributed by atoms with Crippen LogP contribution >= 0.6 is 0 Å².